The van der Waals surface area contributed by atoms with E-state index in [1.165, 1.54) is 18.2 Å². The Bertz CT molecular complexity index is 618. The molecule has 0 amide bonds. The standard InChI is InChI=1S/C16H14BrF2N/c17-13-5-2-1-4-12(13)16(9-20-10-16)8-11-14(18)6-3-7-15(11)19/h1-7,20H,8-10H2. The van der Waals surface area contributed by atoms with Gasteiger partial charge in [-0.2, -0.15) is 0 Å². The van der Waals surface area contributed by atoms with E-state index in [9.17, 15) is 8.78 Å². The summed E-state index contributed by atoms with van der Waals surface area (Å²) in [6.07, 6.45) is 0.362. The molecule has 2 aromatic rings. The monoisotopic (exact) mass is 337 g/mol. The molecule has 1 aliphatic heterocycles. The molecule has 0 radical (unpaired) electrons. The predicted molar refractivity (Wildman–Crippen MR) is 78.8 cm³/mol. The Kier molecular flexibility index (Phi) is 3.61. The Morgan fingerprint density at radius 3 is 2.20 bits per heavy atom. The van der Waals surface area contributed by atoms with Gasteiger partial charge < -0.3 is 5.32 Å². The smallest absolute Gasteiger partial charge is 0.129 e. The third kappa shape index (κ3) is 2.27. The maximum Gasteiger partial charge on any atom is 0.129 e. The summed E-state index contributed by atoms with van der Waals surface area (Å²) in [7, 11) is 0. The summed E-state index contributed by atoms with van der Waals surface area (Å²) in [5.74, 6) is -0.938. The Hall–Kier alpha value is -1.26. The molecule has 1 heterocycles. The lowest BCUT2D eigenvalue weighted by Gasteiger charge is -2.44. The number of hydrogen-bond donors (Lipinski definition) is 1. The van der Waals surface area contributed by atoms with Crippen molar-refractivity contribution in [2.24, 2.45) is 0 Å². The van der Waals surface area contributed by atoms with Gasteiger partial charge in [-0.05, 0) is 30.2 Å². The molecule has 1 nitrogen and oxygen atoms in total. The van der Waals surface area contributed by atoms with Crippen LogP contribution in [0, 0.1) is 11.6 Å². The maximum absolute atomic E-state index is 13.9. The Balaban J connectivity index is 2.01. The molecule has 1 N–H and O–H groups in total. The third-order valence-electron chi connectivity index (χ3n) is 3.95. The van der Waals surface area contributed by atoms with E-state index < -0.39 is 11.6 Å². The average Bonchev–Trinajstić information content (AvgIpc) is 2.38. The van der Waals surface area contributed by atoms with Crippen molar-refractivity contribution in [3.63, 3.8) is 0 Å². The molecule has 3 rings (SSSR count). The molecule has 20 heavy (non-hydrogen) atoms. The number of halogens is 3. The summed E-state index contributed by atoms with van der Waals surface area (Å²) in [4.78, 5) is 0. The highest BCUT2D eigenvalue weighted by atomic mass is 79.9. The maximum atomic E-state index is 13.9. The lowest BCUT2D eigenvalue weighted by molar-refractivity contribution is 0.268. The number of nitrogens with one attached hydrogen (secondary N) is 1. The van der Waals surface area contributed by atoms with Gasteiger partial charge in [-0.25, -0.2) is 8.78 Å². The van der Waals surface area contributed by atoms with Gasteiger partial charge in [0.15, 0.2) is 0 Å². The van der Waals surface area contributed by atoms with Crippen molar-refractivity contribution in [3.05, 3.63) is 69.7 Å². The minimum Gasteiger partial charge on any atom is -0.315 e. The topological polar surface area (TPSA) is 12.0 Å². The normalized spacial score (nSPS) is 16.8. The molecular formula is C16H14BrF2N. The quantitative estimate of drug-likeness (QED) is 0.897. The van der Waals surface area contributed by atoms with Crippen molar-refractivity contribution in [1.29, 1.82) is 0 Å². The van der Waals surface area contributed by atoms with Crippen LogP contribution in [0.2, 0.25) is 0 Å². The first-order chi connectivity index (χ1) is 9.62. The van der Waals surface area contributed by atoms with Gasteiger partial charge in [0.05, 0.1) is 0 Å². The number of benzene rings is 2. The lowest BCUT2D eigenvalue weighted by Crippen LogP contribution is -2.58. The van der Waals surface area contributed by atoms with Crippen LogP contribution in [0.4, 0.5) is 8.78 Å². The second kappa shape index (κ2) is 5.26. The van der Waals surface area contributed by atoms with Crippen molar-refractivity contribution < 1.29 is 8.78 Å². The molecule has 1 aliphatic rings. The number of rotatable bonds is 3. The van der Waals surface area contributed by atoms with Crippen molar-refractivity contribution in [3.8, 4) is 0 Å². The fourth-order valence-corrected chi connectivity index (χ4v) is 3.47. The summed E-state index contributed by atoms with van der Waals surface area (Å²) in [5, 5.41) is 3.22. The summed E-state index contributed by atoms with van der Waals surface area (Å²) >= 11 is 3.54. The van der Waals surface area contributed by atoms with Crippen LogP contribution in [0.15, 0.2) is 46.9 Å². The average molecular weight is 338 g/mol. The van der Waals surface area contributed by atoms with Crippen LogP contribution in [-0.4, -0.2) is 13.1 Å². The minimum absolute atomic E-state index is 0.171. The van der Waals surface area contributed by atoms with Gasteiger partial charge in [0.25, 0.3) is 0 Å². The van der Waals surface area contributed by atoms with Gasteiger partial charge in [-0.1, -0.05) is 40.2 Å². The summed E-state index contributed by atoms with van der Waals surface area (Å²) in [6.45, 7) is 1.45. The second-order valence-electron chi connectivity index (χ2n) is 5.24. The first-order valence-corrected chi connectivity index (χ1v) is 7.30. The van der Waals surface area contributed by atoms with Gasteiger partial charge in [0.1, 0.15) is 11.6 Å². The minimum atomic E-state index is -0.469. The molecule has 2 aromatic carbocycles. The highest BCUT2D eigenvalue weighted by Gasteiger charge is 2.41. The van der Waals surface area contributed by atoms with E-state index in [2.05, 4.69) is 21.2 Å². The van der Waals surface area contributed by atoms with E-state index in [4.69, 9.17) is 0 Å². The summed E-state index contributed by atoms with van der Waals surface area (Å²) in [5.41, 5.74) is 1.02. The molecule has 0 atom stereocenters. The van der Waals surface area contributed by atoms with Gasteiger partial charge in [-0.15, -0.1) is 0 Å². The lowest BCUT2D eigenvalue weighted by atomic mass is 9.71. The van der Waals surface area contributed by atoms with Crippen LogP contribution in [0.25, 0.3) is 0 Å². The summed E-state index contributed by atoms with van der Waals surface area (Å²) in [6, 6.07) is 11.9. The van der Waals surface area contributed by atoms with Crippen molar-refractivity contribution >= 4 is 15.9 Å². The van der Waals surface area contributed by atoms with Crippen LogP contribution < -0.4 is 5.32 Å². The van der Waals surface area contributed by atoms with E-state index in [-0.39, 0.29) is 11.0 Å². The highest BCUT2D eigenvalue weighted by Crippen LogP contribution is 2.37. The zero-order valence-corrected chi connectivity index (χ0v) is 12.4. The zero-order valence-electron chi connectivity index (χ0n) is 10.8. The zero-order chi connectivity index (χ0) is 14.2. The van der Waals surface area contributed by atoms with Gasteiger partial charge >= 0.3 is 0 Å². The predicted octanol–water partition coefficient (Wildman–Crippen LogP) is 3.81. The fourth-order valence-electron chi connectivity index (χ4n) is 2.77. The molecule has 0 spiro atoms. The van der Waals surface area contributed by atoms with Gasteiger partial charge in [0.2, 0.25) is 0 Å². The summed E-state index contributed by atoms with van der Waals surface area (Å²) < 4.78 is 28.8. The number of hydrogen-bond acceptors (Lipinski definition) is 1. The molecule has 4 heteroatoms. The van der Waals surface area contributed by atoms with Crippen LogP contribution in [0.5, 0.6) is 0 Å². The Morgan fingerprint density at radius 1 is 1.00 bits per heavy atom. The molecule has 0 saturated carbocycles. The van der Waals surface area contributed by atoms with E-state index in [1.54, 1.807) is 0 Å². The Morgan fingerprint density at radius 2 is 1.65 bits per heavy atom. The van der Waals surface area contributed by atoms with E-state index in [0.717, 1.165) is 23.1 Å². The van der Waals surface area contributed by atoms with Crippen molar-refractivity contribution in [1.82, 2.24) is 5.32 Å². The van der Waals surface area contributed by atoms with Gasteiger partial charge in [0, 0.05) is 28.5 Å². The molecule has 1 saturated heterocycles. The van der Waals surface area contributed by atoms with Crippen LogP contribution >= 0.6 is 15.9 Å². The molecule has 104 valence electrons. The highest BCUT2D eigenvalue weighted by molar-refractivity contribution is 9.10. The Labute approximate surface area is 125 Å². The fraction of sp³-hybridized carbons (Fsp3) is 0.250. The van der Waals surface area contributed by atoms with Gasteiger partial charge in [-0.3, -0.25) is 0 Å². The molecule has 0 aromatic heterocycles. The van der Waals surface area contributed by atoms with E-state index >= 15 is 0 Å². The third-order valence-corrected chi connectivity index (χ3v) is 4.64. The molecule has 0 aliphatic carbocycles. The first-order valence-electron chi connectivity index (χ1n) is 6.51. The molecular weight excluding hydrogens is 324 g/mol. The van der Waals surface area contributed by atoms with Crippen LogP contribution in [0.1, 0.15) is 11.1 Å². The van der Waals surface area contributed by atoms with Crippen molar-refractivity contribution in [2.75, 3.05) is 13.1 Å². The molecule has 0 unspecified atom stereocenters. The largest absolute Gasteiger partial charge is 0.315 e. The van der Waals surface area contributed by atoms with E-state index in [1.807, 2.05) is 24.3 Å². The van der Waals surface area contributed by atoms with E-state index in [0.29, 0.717) is 6.42 Å². The van der Waals surface area contributed by atoms with Crippen LogP contribution in [0.3, 0.4) is 0 Å². The molecule has 0 bridgehead atoms. The SMILES string of the molecule is Fc1cccc(F)c1CC1(c2ccccc2Br)CNC1. The molecule has 1 fully saturated rings. The van der Waals surface area contributed by atoms with Crippen LogP contribution in [-0.2, 0) is 11.8 Å². The second-order valence-corrected chi connectivity index (χ2v) is 6.10. The first kappa shape index (κ1) is 13.7. The van der Waals surface area contributed by atoms with Crippen molar-refractivity contribution in [2.45, 2.75) is 11.8 Å².